The second kappa shape index (κ2) is 5.56. The molecular weight excluding hydrogens is 192 g/mol. The lowest BCUT2D eigenvalue weighted by molar-refractivity contribution is 0.186. The van der Waals surface area contributed by atoms with Gasteiger partial charge in [0.25, 0.3) is 5.56 Å². The third-order valence-electron chi connectivity index (χ3n) is 1.98. The first-order chi connectivity index (χ1) is 7.13. The number of nitrogens with one attached hydrogen (secondary N) is 1. The van der Waals surface area contributed by atoms with Gasteiger partial charge in [0.15, 0.2) is 0 Å². The van der Waals surface area contributed by atoms with Gasteiger partial charge in [0.1, 0.15) is 0 Å². The Kier molecular flexibility index (Phi) is 4.37. The van der Waals surface area contributed by atoms with Crippen molar-refractivity contribution in [3.63, 3.8) is 0 Å². The summed E-state index contributed by atoms with van der Waals surface area (Å²) in [5, 5.41) is 3.25. The van der Waals surface area contributed by atoms with E-state index in [0.29, 0.717) is 19.2 Å². The van der Waals surface area contributed by atoms with Crippen LogP contribution in [-0.2, 0) is 11.3 Å². The molecule has 0 amide bonds. The van der Waals surface area contributed by atoms with Crippen LogP contribution in [0.5, 0.6) is 0 Å². The molecule has 4 heteroatoms. The molecule has 1 aromatic heterocycles. The van der Waals surface area contributed by atoms with Gasteiger partial charge in [-0.25, -0.2) is 0 Å². The molecule has 0 atom stereocenters. The van der Waals surface area contributed by atoms with E-state index < -0.39 is 0 Å². The number of anilines is 1. The maximum Gasteiger partial charge on any atom is 0.250 e. The van der Waals surface area contributed by atoms with Gasteiger partial charge in [-0.15, -0.1) is 0 Å². The number of hydrogen-bond acceptors (Lipinski definition) is 3. The van der Waals surface area contributed by atoms with Crippen LogP contribution in [-0.4, -0.2) is 24.3 Å². The third-order valence-corrected chi connectivity index (χ3v) is 1.98. The standard InChI is InChI=1S/C11H18N2O2/c1-9(2)12-10-4-5-11(14)13(8-10)6-7-15-3/h4-5,8-9,12H,6-7H2,1-3H3. The average Bonchev–Trinajstić information content (AvgIpc) is 2.18. The van der Waals surface area contributed by atoms with Crippen LogP contribution in [0.1, 0.15) is 13.8 Å². The predicted octanol–water partition coefficient (Wildman–Crippen LogP) is 1.31. The minimum Gasteiger partial charge on any atom is -0.383 e. The monoisotopic (exact) mass is 210 g/mol. The van der Waals surface area contributed by atoms with Crippen LogP contribution >= 0.6 is 0 Å². The predicted molar refractivity (Wildman–Crippen MR) is 61.3 cm³/mol. The SMILES string of the molecule is COCCn1cc(NC(C)C)ccc1=O. The molecule has 0 fully saturated rings. The van der Waals surface area contributed by atoms with Crippen molar-refractivity contribution in [2.24, 2.45) is 0 Å². The summed E-state index contributed by atoms with van der Waals surface area (Å²) in [5.74, 6) is 0. The Hall–Kier alpha value is -1.29. The highest BCUT2D eigenvalue weighted by Gasteiger charge is 1.99. The van der Waals surface area contributed by atoms with Crippen molar-refractivity contribution in [1.29, 1.82) is 0 Å². The van der Waals surface area contributed by atoms with E-state index in [-0.39, 0.29) is 5.56 Å². The normalized spacial score (nSPS) is 10.7. The minimum absolute atomic E-state index is 0.00126. The van der Waals surface area contributed by atoms with Crippen LogP contribution in [0.2, 0.25) is 0 Å². The zero-order valence-electron chi connectivity index (χ0n) is 9.49. The van der Waals surface area contributed by atoms with Crippen LogP contribution < -0.4 is 10.9 Å². The molecule has 0 aromatic carbocycles. The Morgan fingerprint density at radius 3 is 2.80 bits per heavy atom. The number of ether oxygens (including phenoxy) is 1. The highest BCUT2D eigenvalue weighted by Crippen LogP contribution is 2.04. The van der Waals surface area contributed by atoms with E-state index in [1.165, 1.54) is 0 Å². The summed E-state index contributed by atoms with van der Waals surface area (Å²) < 4.78 is 6.59. The molecule has 0 unspecified atom stereocenters. The van der Waals surface area contributed by atoms with E-state index >= 15 is 0 Å². The van der Waals surface area contributed by atoms with E-state index in [1.54, 1.807) is 23.8 Å². The number of methoxy groups -OCH3 is 1. The summed E-state index contributed by atoms with van der Waals surface area (Å²) in [5.41, 5.74) is 0.960. The maximum atomic E-state index is 11.4. The molecule has 0 saturated carbocycles. The first-order valence-corrected chi connectivity index (χ1v) is 5.09. The van der Waals surface area contributed by atoms with Crippen molar-refractivity contribution in [3.05, 3.63) is 28.7 Å². The van der Waals surface area contributed by atoms with Gasteiger partial charge >= 0.3 is 0 Å². The first-order valence-electron chi connectivity index (χ1n) is 5.09. The number of rotatable bonds is 5. The van der Waals surface area contributed by atoms with Gasteiger partial charge in [-0.1, -0.05) is 0 Å². The van der Waals surface area contributed by atoms with Crippen LogP contribution in [0.15, 0.2) is 23.1 Å². The molecule has 0 aliphatic rings. The lowest BCUT2D eigenvalue weighted by atomic mass is 10.3. The number of pyridine rings is 1. The summed E-state index contributed by atoms with van der Waals surface area (Å²) >= 11 is 0. The summed E-state index contributed by atoms with van der Waals surface area (Å²) in [6, 6.07) is 3.73. The van der Waals surface area contributed by atoms with Crippen LogP contribution in [0.3, 0.4) is 0 Å². The highest BCUT2D eigenvalue weighted by atomic mass is 16.5. The Bertz CT molecular complexity index is 358. The fraction of sp³-hybridized carbons (Fsp3) is 0.545. The first kappa shape index (κ1) is 11.8. The van der Waals surface area contributed by atoms with Gasteiger partial charge in [-0.2, -0.15) is 0 Å². The molecule has 0 aliphatic carbocycles. The molecule has 15 heavy (non-hydrogen) atoms. The van der Waals surface area contributed by atoms with Crippen LogP contribution in [0.4, 0.5) is 5.69 Å². The third kappa shape index (κ3) is 3.75. The molecular formula is C11H18N2O2. The topological polar surface area (TPSA) is 43.3 Å². The van der Waals surface area contributed by atoms with Crippen LogP contribution in [0, 0.1) is 0 Å². The smallest absolute Gasteiger partial charge is 0.250 e. The molecule has 1 heterocycles. The average molecular weight is 210 g/mol. The van der Waals surface area contributed by atoms with Gasteiger partial charge in [-0.05, 0) is 19.9 Å². The van der Waals surface area contributed by atoms with Gasteiger partial charge in [0.2, 0.25) is 0 Å². The molecule has 0 saturated heterocycles. The van der Waals surface area contributed by atoms with Crippen molar-refractivity contribution in [3.8, 4) is 0 Å². The fourth-order valence-corrected chi connectivity index (χ4v) is 1.31. The summed E-state index contributed by atoms with van der Waals surface area (Å²) in [6.07, 6.45) is 1.82. The van der Waals surface area contributed by atoms with Gasteiger partial charge in [0.05, 0.1) is 12.3 Å². The molecule has 0 spiro atoms. The molecule has 0 bridgehead atoms. The Labute approximate surface area is 89.9 Å². The van der Waals surface area contributed by atoms with Gasteiger partial charge < -0.3 is 14.6 Å². The fourth-order valence-electron chi connectivity index (χ4n) is 1.31. The van der Waals surface area contributed by atoms with Crippen molar-refractivity contribution >= 4 is 5.69 Å². The summed E-state index contributed by atoms with van der Waals surface area (Å²) in [7, 11) is 1.63. The number of aromatic nitrogens is 1. The zero-order chi connectivity index (χ0) is 11.3. The second-order valence-electron chi connectivity index (χ2n) is 3.74. The lowest BCUT2D eigenvalue weighted by Crippen LogP contribution is -2.22. The molecule has 0 aliphatic heterocycles. The highest BCUT2D eigenvalue weighted by molar-refractivity contribution is 5.40. The molecule has 1 rings (SSSR count). The quantitative estimate of drug-likeness (QED) is 0.797. The van der Waals surface area contributed by atoms with E-state index in [1.807, 2.05) is 6.20 Å². The second-order valence-corrected chi connectivity index (χ2v) is 3.74. The van der Waals surface area contributed by atoms with Crippen molar-refractivity contribution in [1.82, 2.24) is 4.57 Å². The van der Waals surface area contributed by atoms with E-state index in [2.05, 4.69) is 19.2 Å². The summed E-state index contributed by atoms with van der Waals surface area (Å²) in [4.78, 5) is 11.4. The van der Waals surface area contributed by atoms with E-state index in [0.717, 1.165) is 5.69 Å². The number of nitrogens with zero attached hydrogens (tertiary/aromatic N) is 1. The zero-order valence-corrected chi connectivity index (χ0v) is 9.49. The van der Waals surface area contributed by atoms with Gasteiger partial charge in [-0.3, -0.25) is 4.79 Å². The van der Waals surface area contributed by atoms with E-state index in [4.69, 9.17) is 4.74 Å². The largest absolute Gasteiger partial charge is 0.383 e. The van der Waals surface area contributed by atoms with Crippen molar-refractivity contribution < 1.29 is 4.74 Å². The molecule has 1 aromatic rings. The summed E-state index contributed by atoms with van der Waals surface area (Å²) in [6.45, 7) is 5.25. The molecule has 0 radical (unpaired) electrons. The Morgan fingerprint density at radius 2 is 2.20 bits per heavy atom. The molecule has 84 valence electrons. The lowest BCUT2D eigenvalue weighted by Gasteiger charge is -2.12. The van der Waals surface area contributed by atoms with Gasteiger partial charge in [0, 0.05) is 32.0 Å². The number of hydrogen-bond donors (Lipinski definition) is 1. The minimum atomic E-state index is 0.00126. The maximum absolute atomic E-state index is 11.4. The van der Waals surface area contributed by atoms with Crippen LogP contribution in [0.25, 0.3) is 0 Å². The van der Waals surface area contributed by atoms with Crippen molar-refractivity contribution in [2.75, 3.05) is 19.0 Å². The van der Waals surface area contributed by atoms with Crippen molar-refractivity contribution in [2.45, 2.75) is 26.4 Å². The molecule has 1 N–H and O–H groups in total. The Morgan fingerprint density at radius 1 is 1.47 bits per heavy atom. The Balaban J connectivity index is 2.80. The van der Waals surface area contributed by atoms with E-state index in [9.17, 15) is 4.79 Å². The molecule has 4 nitrogen and oxygen atoms in total.